The lowest BCUT2D eigenvalue weighted by Crippen LogP contribution is -2.49. The molecule has 5 heterocycles. The summed E-state index contributed by atoms with van der Waals surface area (Å²) in [7, 11) is 1.75. The zero-order valence-corrected chi connectivity index (χ0v) is 16.9. The maximum absolute atomic E-state index is 6.49. The van der Waals surface area contributed by atoms with Crippen molar-refractivity contribution in [3.63, 3.8) is 0 Å². The largest absolute Gasteiger partial charge is 0.497 e. The maximum atomic E-state index is 6.49. The third-order valence-corrected chi connectivity index (χ3v) is 8.38. The molecule has 2 spiro atoms. The van der Waals surface area contributed by atoms with E-state index in [1.807, 2.05) is 0 Å². The molecule has 0 saturated carbocycles. The Morgan fingerprint density at radius 3 is 3.00 bits per heavy atom. The first-order valence-corrected chi connectivity index (χ1v) is 11.1. The highest BCUT2D eigenvalue weighted by Crippen LogP contribution is 2.53. The van der Waals surface area contributed by atoms with Crippen LogP contribution < -0.4 is 10.1 Å². The number of ether oxygens (including phenoxy) is 3. The fourth-order valence-electron chi connectivity index (χ4n) is 6.90. The topological polar surface area (TPSA) is 43.0 Å². The van der Waals surface area contributed by atoms with Crippen molar-refractivity contribution in [3.05, 3.63) is 29.3 Å². The van der Waals surface area contributed by atoms with Crippen molar-refractivity contribution in [2.75, 3.05) is 46.4 Å². The normalized spacial score (nSPS) is 38.5. The fourth-order valence-corrected chi connectivity index (χ4v) is 6.90. The van der Waals surface area contributed by atoms with Crippen molar-refractivity contribution in [1.82, 2.24) is 10.2 Å². The molecule has 5 aliphatic heterocycles. The molecule has 1 aromatic carbocycles. The van der Waals surface area contributed by atoms with Gasteiger partial charge in [-0.15, -0.1) is 0 Å². The standard InChI is InChI=1S/C23H32N2O3/c1-26-17-2-3-19-16(12-17)5-11-27-22(19)7-9-25(10-8-22)14-18-20-13-24-15-23(20)6-4-21(18)28-23/h2-3,12,18,20-21,24H,4-11,13-15H2,1H3/t18-,20-,21-,23-/m1/s1. The Labute approximate surface area is 167 Å². The van der Waals surface area contributed by atoms with Crippen molar-refractivity contribution in [2.45, 2.75) is 49.4 Å². The van der Waals surface area contributed by atoms with Crippen LogP contribution in [0.15, 0.2) is 18.2 Å². The molecule has 0 aromatic heterocycles. The number of hydrogen-bond acceptors (Lipinski definition) is 5. The summed E-state index contributed by atoms with van der Waals surface area (Å²) < 4.78 is 18.4. The fraction of sp³-hybridized carbons (Fsp3) is 0.739. The van der Waals surface area contributed by atoms with Crippen molar-refractivity contribution >= 4 is 0 Å². The van der Waals surface area contributed by atoms with E-state index in [9.17, 15) is 0 Å². The summed E-state index contributed by atoms with van der Waals surface area (Å²) in [4.78, 5) is 2.69. The van der Waals surface area contributed by atoms with Crippen molar-refractivity contribution in [1.29, 1.82) is 0 Å². The highest BCUT2D eigenvalue weighted by atomic mass is 16.5. The molecular weight excluding hydrogens is 352 g/mol. The van der Waals surface area contributed by atoms with Crippen LogP contribution in [-0.4, -0.2) is 63.0 Å². The highest BCUT2D eigenvalue weighted by molar-refractivity contribution is 5.41. The number of benzene rings is 1. The predicted octanol–water partition coefficient (Wildman–Crippen LogP) is 2.33. The van der Waals surface area contributed by atoms with Crippen LogP contribution in [-0.2, 0) is 21.5 Å². The molecule has 0 unspecified atom stereocenters. The number of hydrogen-bond donors (Lipinski definition) is 1. The quantitative estimate of drug-likeness (QED) is 0.866. The number of likely N-dealkylation sites (tertiary alicyclic amines) is 1. The SMILES string of the molecule is COc1ccc2c(c1)CCOC21CCN(C[C@@H]2[C@H]3CNC[C@]34CC[C@H]2O4)CC1. The molecule has 0 amide bonds. The predicted molar refractivity (Wildman–Crippen MR) is 107 cm³/mol. The molecule has 5 aliphatic rings. The average Bonchev–Trinajstić information content (AvgIpc) is 3.41. The Kier molecular flexibility index (Phi) is 4.06. The third kappa shape index (κ3) is 2.53. The number of rotatable bonds is 3. The molecule has 1 aromatic rings. The van der Waals surface area contributed by atoms with Gasteiger partial charge in [0.2, 0.25) is 0 Å². The molecule has 5 nitrogen and oxygen atoms in total. The van der Waals surface area contributed by atoms with Crippen LogP contribution in [0.3, 0.4) is 0 Å². The second kappa shape index (κ2) is 6.43. The molecule has 6 rings (SSSR count). The van der Waals surface area contributed by atoms with Gasteiger partial charge in [-0.1, -0.05) is 6.07 Å². The van der Waals surface area contributed by atoms with Gasteiger partial charge in [0.1, 0.15) is 5.75 Å². The lowest BCUT2D eigenvalue weighted by atomic mass is 9.73. The first-order chi connectivity index (χ1) is 13.7. The Morgan fingerprint density at radius 2 is 2.14 bits per heavy atom. The van der Waals surface area contributed by atoms with Crippen LogP contribution in [0.5, 0.6) is 5.75 Å². The molecule has 28 heavy (non-hydrogen) atoms. The number of fused-ring (bicyclic) bond motifs is 3. The van der Waals surface area contributed by atoms with Gasteiger partial charge in [-0.3, -0.25) is 0 Å². The minimum absolute atomic E-state index is 0.0856. The van der Waals surface area contributed by atoms with Crippen LogP contribution in [0, 0.1) is 11.8 Å². The van der Waals surface area contributed by atoms with Crippen LogP contribution in [0.25, 0.3) is 0 Å². The van der Waals surface area contributed by atoms with Gasteiger partial charge in [0.25, 0.3) is 0 Å². The first-order valence-electron chi connectivity index (χ1n) is 11.1. The molecule has 0 aliphatic carbocycles. The lowest BCUT2D eigenvalue weighted by Gasteiger charge is -2.46. The Hall–Kier alpha value is -1.14. The van der Waals surface area contributed by atoms with E-state index in [-0.39, 0.29) is 11.2 Å². The summed E-state index contributed by atoms with van der Waals surface area (Å²) in [6.07, 6.45) is 6.22. The monoisotopic (exact) mass is 384 g/mol. The van der Waals surface area contributed by atoms with E-state index in [1.165, 1.54) is 30.5 Å². The third-order valence-electron chi connectivity index (χ3n) is 8.38. The van der Waals surface area contributed by atoms with Gasteiger partial charge in [-0.05, 0) is 55.4 Å². The van der Waals surface area contributed by atoms with E-state index < -0.39 is 0 Å². The lowest BCUT2D eigenvalue weighted by molar-refractivity contribution is -0.100. The Morgan fingerprint density at radius 1 is 1.25 bits per heavy atom. The number of methoxy groups -OCH3 is 1. The smallest absolute Gasteiger partial charge is 0.119 e. The van der Waals surface area contributed by atoms with Crippen LogP contribution in [0.4, 0.5) is 0 Å². The minimum atomic E-state index is -0.0856. The molecular formula is C23H32N2O3. The zero-order chi connectivity index (χ0) is 18.8. The summed E-state index contributed by atoms with van der Waals surface area (Å²) >= 11 is 0. The maximum Gasteiger partial charge on any atom is 0.119 e. The van der Waals surface area contributed by atoms with Crippen molar-refractivity contribution in [2.24, 2.45) is 11.8 Å². The molecule has 4 atom stereocenters. The molecule has 2 bridgehead atoms. The summed E-state index contributed by atoms with van der Waals surface area (Å²) in [6.45, 7) is 6.50. The van der Waals surface area contributed by atoms with Gasteiger partial charge in [-0.25, -0.2) is 0 Å². The molecule has 152 valence electrons. The van der Waals surface area contributed by atoms with Gasteiger partial charge in [0.05, 0.1) is 31.0 Å². The van der Waals surface area contributed by atoms with Crippen molar-refractivity contribution in [3.8, 4) is 5.75 Å². The van der Waals surface area contributed by atoms with Gasteiger partial charge in [0.15, 0.2) is 0 Å². The number of nitrogens with one attached hydrogen (secondary N) is 1. The summed E-state index contributed by atoms with van der Waals surface area (Å²) in [5, 5.41) is 3.60. The summed E-state index contributed by atoms with van der Waals surface area (Å²) in [5.74, 6) is 2.39. The highest BCUT2D eigenvalue weighted by Gasteiger charge is 2.61. The first kappa shape index (κ1) is 17.7. The van der Waals surface area contributed by atoms with E-state index in [2.05, 4.69) is 28.4 Å². The van der Waals surface area contributed by atoms with E-state index in [0.29, 0.717) is 12.0 Å². The van der Waals surface area contributed by atoms with Gasteiger partial charge in [-0.2, -0.15) is 0 Å². The second-order valence-electron chi connectivity index (χ2n) is 9.58. The second-order valence-corrected chi connectivity index (χ2v) is 9.58. The van der Waals surface area contributed by atoms with Crippen molar-refractivity contribution < 1.29 is 14.2 Å². The van der Waals surface area contributed by atoms with E-state index in [1.54, 1.807) is 7.11 Å². The molecule has 4 fully saturated rings. The van der Waals surface area contributed by atoms with E-state index in [4.69, 9.17) is 14.2 Å². The van der Waals surface area contributed by atoms with E-state index in [0.717, 1.165) is 63.7 Å². The minimum Gasteiger partial charge on any atom is -0.497 e. The summed E-state index contributed by atoms with van der Waals surface area (Å²) in [6, 6.07) is 6.56. The summed E-state index contributed by atoms with van der Waals surface area (Å²) in [5.41, 5.74) is 2.91. The molecule has 4 saturated heterocycles. The Bertz CT molecular complexity index is 756. The number of nitrogens with zero attached hydrogens (tertiary/aromatic N) is 1. The van der Waals surface area contributed by atoms with Crippen LogP contribution in [0.1, 0.15) is 36.8 Å². The number of piperidine rings is 1. The van der Waals surface area contributed by atoms with Gasteiger partial charge in [0, 0.05) is 44.6 Å². The van der Waals surface area contributed by atoms with Crippen LogP contribution >= 0.6 is 0 Å². The van der Waals surface area contributed by atoms with Crippen LogP contribution in [0.2, 0.25) is 0 Å². The van der Waals surface area contributed by atoms with Gasteiger partial charge >= 0.3 is 0 Å². The zero-order valence-electron chi connectivity index (χ0n) is 16.9. The average molecular weight is 385 g/mol. The van der Waals surface area contributed by atoms with E-state index >= 15 is 0 Å². The Balaban J connectivity index is 1.16. The molecule has 1 N–H and O–H groups in total. The molecule has 5 heteroatoms. The van der Waals surface area contributed by atoms with Gasteiger partial charge < -0.3 is 24.4 Å². The molecule has 0 radical (unpaired) electrons.